The van der Waals surface area contributed by atoms with Crippen LogP contribution in [0.15, 0.2) is 42.5 Å². The number of hydrogen-bond acceptors (Lipinski definition) is 8. The number of aromatic nitrogens is 1. The number of methoxy groups -OCH3 is 1. The maximum atomic E-state index is 12.3. The average molecular weight is 423 g/mol. The molecular weight excluding hydrogens is 402 g/mol. The molecule has 3 aromatic rings. The lowest BCUT2D eigenvalue weighted by Crippen LogP contribution is -2.14. The van der Waals surface area contributed by atoms with Crippen molar-refractivity contribution in [2.24, 2.45) is 0 Å². The van der Waals surface area contributed by atoms with Crippen molar-refractivity contribution in [3.05, 3.63) is 59.4 Å². The molecule has 8 heteroatoms. The Morgan fingerprint density at radius 1 is 0.903 bits per heavy atom. The van der Waals surface area contributed by atoms with E-state index >= 15 is 0 Å². The molecule has 3 rings (SSSR count). The summed E-state index contributed by atoms with van der Waals surface area (Å²) in [4.78, 5) is 39.5. The number of hydrogen-bond donors (Lipinski definition) is 0. The summed E-state index contributed by atoms with van der Waals surface area (Å²) in [5.74, 6) is -0.843. The smallest absolute Gasteiger partial charge is 0.360 e. The lowest BCUT2D eigenvalue weighted by atomic mass is 10.1. The quantitative estimate of drug-likeness (QED) is 0.546. The van der Waals surface area contributed by atoms with Gasteiger partial charge in [0.15, 0.2) is 11.4 Å². The molecule has 0 aliphatic carbocycles. The van der Waals surface area contributed by atoms with Crippen molar-refractivity contribution in [2.75, 3.05) is 7.11 Å². The minimum atomic E-state index is -0.790. The third-order valence-corrected chi connectivity index (χ3v) is 4.30. The van der Waals surface area contributed by atoms with Crippen molar-refractivity contribution in [1.29, 1.82) is 0 Å². The topological polar surface area (TPSA) is 101 Å². The minimum Gasteiger partial charge on any atom is -0.464 e. The third-order valence-electron chi connectivity index (χ3n) is 4.30. The normalized spacial score (nSPS) is 10.5. The van der Waals surface area contributed by atoms with Gasteiger partial charge in [-0.2, -0.15) is 0 Å². The van der Waals surface area contributed by atoms with Gasteiger partial charge in [-0.15, -0.1) is 0 Å². The minimum absolute atomic E-state index is 0.0391. The van der Waals surface area contributed by atoms with Gasteiger partial charge in [-0.3, -0.25) is 9.59 Å². The highest BCUT2D eigenvalue weighted by Gasteiger charge is 2.23. The Bertz CT molecular complexity index is 1150. The third kappa shape index (κ3) is 5.16. The molecule has 0 saturated heterocycles. The Kier molecular flexibility index (Phi) is 6.49. The molecule has 0 unspecified atom stereocenters. The van der Waals surface area contributed by atoms with Crippen molar-refractivity contribution in [3.8, 4) is 17.2 Å². The molecule has 160 valence electrons. The Morgan fingerprint density at radius 2 is 1.58 bits per heavy atom. The van der Waals surface area contributed by atoms with Crippen molar-refractivity contribution >= 4 is 28.7 Å². The van der Waals surface area contributed by atoms with E-state index in [-0.39, 0.29) is 23.7 Å². The number of nitrogens with zero attached hydrogens (tertiary/aromatic N) is 1. The van der Waals surface area contributed by atoms with Gasteiger partial charge in [0.05, 0.1) is 12.8 Å². The fraction of sp³-hybridized carbons (Fsp3) is 0.217. The molecule has 0 N–H and O–H groups in total. The molecule has 0 aliphatic heterocycles. The van der Waals surface area contributed by atoms with E-state index in [2.05, 4.69) is 4.98 Å². The van der Waals surface area contributed by atoms with E-state index in [0.717, 1.165) is 5.56 Å². The average Bonchev–Trinajstić information content (AvgIpc) is 2.73. The zero-order valence-corrected chi connectivity index (χ0v) is 17.6. The standard InChI is InChI=1S/C23H21NO7/c1-13-5-7-16(8-6-13)31-17-9-10-18-19(11-17)20(12-29-14(2)25)24-21(23(27)28-4)22(18)30-15(3)26/h5-11H,12H2,1-4H3. The van der Waals surface area contributed by atoms with Gasteiger partial charge in [0.25, 0.3) is 0 Å². The Hall–Kier alpha value is -3.94. The largest absolute Gasteiger partial charge is 0.464 e. The number of rotatable bonds is 6. The predicted molar refractivity (Wildman–Crippen MR) is 111 cm³/mol. The predicted octanol–water partition coefficient (Wildman–Crippen LogP) is 4.11. The number of benzene rings is 2. The first kappa shape index (κ1) is 21.8. The molecule has 0 amide bonds. The van der Waals surface area contributed by atoms with Crippen LogP contribution >= 0.6 is 0 Å². The second-order valence-corrected chi connectivity index (χ2v) is 6.72. The van der Waals surface area contributed by atoms with Gasteiger partial charge in [-0.1, -0.05) is 17.7 Å². The number of carbonyl (C=O) groups is 3. The van der Waals surface area contributed by atoms with E-state index in [0.29, 0.717) is 22.3 Å². The molecule has 0 atom stereocenters. The van der Waals surface area contributed by atoms with E-state index in [1.807, 2.05) is 31.2 Å². The molecule has 0 radical (unpaired) electrons. The van der Waals surface area contributed by atoms with Crippen LogP contribution in [-0.2, 0) is 25.7 Å². The molecule has 8 nitrogen and oxygen atoms in total. The number of pyridine rings is 1. The Labute approximate surface area is 178 Å². The van der Waals surface area contributed by atoms with Crippen molar-refractivity contribution in [3.63, 3.8) is 0 Å². The van der Waals surface area contributed by atoms with Crippen LogP contribution in [0.2, 0.25) is 0 Å². The summed E-state index contributed by atoms with van der Waals surface area (Å²) >= 11 is 0. The fourth-order valence-corrected chi connectivity index (χ4v) is 2.90. The summed E-state index contributed by atoms with van der Waals surface area (Å²) in [5, 5.41) is 0.916. The van der Waals surface area contributed by atoms with Crippen LogP contribution in [-0.4, -0.2) is 30.0 Å². The highest BCUT2D eigenvalue weighted by Crippen LogP contribution is 2.35. The van der Waals surface area contributed by atoms with Crippen LogP contribution in [0.4, 0.5) is 0 Å². The number of carbonyl (C=O) groups excluding carboxylic acids is 3. The lowest BCUT2D eigenvalue weighted by Gasteiger charge is -2.15. The molecule has 0 saturated carbocycles. The summed E-state index contributed by atoms with van der Waals surface area (Å²) in [6, 6.07) is 12.5. The molecule has 2 aromatic carbocycles. The highest BCUT2D eigenvalue weighted by molar-refractivity contribution is 6.02. The molecule has 1 heterocycles. The van der Waals surface area contributed by atoms with Crippen molar-refractivity contribution in [1.82, 2.24) is 4.98 Å². The van der Waals surface area contributed by atoms with Gasteiger partial charge >= 0.3 is 17.9 Å². The number of esters is 3. The second kappa shape index (κ2) is 9.25. The first-order valence-corrected chi connectivity index (χ1v) is 9.39. The summed E-state index contributed by atoms with van der Waals surface area (Å²) in [5.41, 5.74) is 1.19. The van der Waals surface area contributed by atoms with Crippen LogP contribution in [0.25, 0.3) is 10.8 Å². The fourth-order valence-electron chi connectivity index (χ4n) is 2.90. The molecular formula is C23H21NO7. The van der Waals surface area contributed by atoms with Gasteiger partial charge in [0, 0.05) is 24.6 Å². The van der Waals surface area contributed by atoms with E-state index in [4.69, 9.17) is 18.9 Å². The van der Waals surface area contributed by atoms with Gasteiger partial charge in [-0.25, -0.2) is 9.78 Å². The number of fused-ring (bicyclic) bond motifs is 1. The summed E-state index contributed by atoms with van der Waals surface area (Å²) in [7, 11) is 1.19. The summed E-state index contributed by atoms with van der Waals surface area (Å²) in [6.45, 7) is 4.27. The summed E-state index contributed by atoms with van der Waals surface area (Å²) in [6.07, 6.45) is 0. The van der Waals surface area contributed by atoms with Crippen LogP contribution in [0.1, 0.15) is 35.6 Å². The first-order valence-electron chi connectivity index (χ1n) is 9.39. The van der Waals surface area contributed by atoms with Crippen LogP contribution in [0, 0.1) is 6.92 Å². The maximum Gasteiger partial charge on any atom is 0.360 e. The van der Waals surface area contributed by atoms with E-state index < -0.39 is 17.9 Å². The van der Waals surface area contributed by atoms with E-state index in [9.17, 15) is 14.4 Å². The van der Waals surface area contributed by atoms with Gasteiger partial charge in [-0.05, 0) is 37.3 Å². The molecule has 0 aliphatic rings. The zero-order valence-electron chi connectivity index (χ0n) is 17.6. The van der Waals surface area contributed by atoms with Gasteiger partial charge in [0.1, 0.15) is 18.1 Å². The van der Waals surface area contributed by atoms with Crippen LogP contribution < -0.4 is 9.47 Å². The first-order chi connectivity index (χ1) is 14.8. The molecule has 31 heavy (non-hydrogen) atoms. The molecule has 1 aromatic heterocycles. The van der Waals surface area contributed by atoms with Crippen LogP contribution in [0.3, 0.4) is 0 Å². The maximum absolute atomic E-state index is 12.3. The van der Waals surface area contributed by atoms with E-state index in [1.54, 1.807) is 18.2 Å². The van der Waals surface area contributed by atoms with Gasteiger partial charge < -0.3 is 18.9 Å². The zero-order chi connectivity index (χ0) is 22.5. The highest BCUT2D eigenvalue weighted by atomic mass is 16.5. The lowest BCUT2D eigenvalue weighted by molar-refractivity contribution is -0.142. The Balaban J connectivity index is 2.17. The Morgan fingerprint density at radius 3 is 2.19 bits per heavy atom. The van der Waals surface area contributed by atoms with Crippen molar-refractivity contribution in [2.45, 2.75) is 27.4 Å². The number of aryl methyl sites for hydroxylation is 1. The van der Waals surface area contributed by atoms with E-state index in [1.165, 1.54) is 21.0 Å². The second-order valence-electron chi connectivity index (χ2n) is 6.72. The monoisotopic (exact) mass is 423 g/mol. The van der Waals surface area contributed by atoms with Crippen molar-refractivity contribution < 1.29 is 33.3 Å². The van der Waals surface area contributed by atoms with Gasteiger partial charge in [0.2, 0.25) is 0 Å². The SMILES string of the molecule is COC(=O)c1nc(COC(C)=O)c2cc(Oc3ccc(C)cc3)ccc2c1OC(C)=O. The summed E-state index contributed by atoms with van der Waals surface area (Å²) < 4.78 is 21.1. The number of ether oxygens (including phenoxy) is 4. The molecule has 0 bridgehead atoms. The molecule has 0 fully saturated rings. The van der Waals surface area contributed by atoms with Crippen LogP contribution in [0.5, 0.6) is 17.2 Å². The molecule has 0 spiro atoms.